The number of Topliss-reactive ketones (excluding diaryl/α,β-unsaturated/α-hetero) is 1. The molecule has 0 bridgehead atoms. The molecule has 0 aromatic carbocycles. The minimum atomic E-state index is 0.289. The SMILES string of the molecule is CC(=O)CC/C=C/C1(C)CC(C)C1. The highest BCUT2D eigenvalue weighted by Gasteiger charge is 2.34. The van der Waals surface area contributed by atoms with Gasteiger partial charge in [0.1, 0.15) is 5.78 Å². The third-order valence-electron chi connectivity index (χ3n) is 2.81. The van der Waals surface area contributed by atoms with Gasteiger partial charge in [0.25, 0.3) is 0 Å². The fraction of sp³-hybridized carbons (Fsp3) is 0.750. The Hall–Kier alpha value is -0.590. The van der Waals surface area contributed by atoms with Crippen molar-refractivity contribution in [2.75, 3.05) is 0 Å². The van der Waals surface area contributed by atoms with E-state index < -0.39 is 0 Å². The molecule has 1 rings (SSSR count). The molecule has 1 saturated carbocycles. The number of ketones is 1. The summed E-state index contributed by atoms with van der Waals surface area (Å²) in [6.45, 7) is 6.25. The van der Waals surface area contributed by atoms with Crippen LogP contribution in [0, 0.1) is 11.3 Å². The fourth-order valence-corrected chi connectivity index (χ4v) is 2.32. The van der Waals surface area contributed by atoms with E-state index in [0.717, 1.165) is 12.3 Å². The fourth-order valence-electron chi connectivity index (χ4n) is 2.32. The van der Waals surface area contributed by atoms with Gasteiger partial charge < -0.3 is 4.79 Å². The van der Waals surface area contributed by atoms with Crippen molar-refractivity contribution in [3.8, 4) is 0 Å². The van der Waals surface area contributed by atoms with E-state index in [0.29, 0.717) is 11.8 Å². The summed E-state index contributed by atoms with van der Waals surface area (Å²) in [5.74, 6) is 1.18. The molecule has 0 spiro atoms. The molecule has 0 unspecified atom stereocenters. The van der Waals surface area contributed by atoms with E-state index in [1.807, 2.05) is 0 Å². The summed E-state index contributed by atoms with van der Waals surface area (Å²) in [4.78, 5) is 10.7. The highest BCUT2D eigenvalue weighted by molar-refractivity contribution is 5.75. The largest absolute Gasteiger partial charge is 0.300 e. The molecular weight excluding hydrogens is 160 g/mol. The maximum atomic E-state index is 10.7. The van der Waals surface area contributed by atoms with Crippen LogP contribution >= 0.6 is 0 Å². The molecule has 1 nitrogen and oxygen atoms in total. The molecule has 1 fully saturated rings. The van der Waals surface area contributed by atoms with Crippen LogP contribution in [-0.4, -0.2) is 5.78 Å². The van der Waals surface area contributed by atoms with Crippen LogP contribution in [0.15, 0.2) is 12.2 Å². The van der Waals surface area contributed by atoms with Crippen LogP contribution in [-0.2, 0) is 4.79 Å². The molecule has 1 heteroatoms. The highest BCUT2D eigenvalue weighted by Crippen LogP contribution is 2.46. The van der Waals surface area contributed by atoms with Crippen molar-refractivity contribution < 1.29 is 4.79 Å². The molecule has 0 saturated heterocycles. The lowest BCUT2D eigenvalue weighted by molar-refractivity contribution is -0.116. The summed E-state index contributed by atoms with van der Waals surface area (Å²) in [6.07, 6.45) is 8.71. The Bertz CT molecular complexity index is 209. The van der Waals surface area contributed by atoms with Crippen LogP contribution in [0.25, 0.3) is 0 Å². The normalized spacial score (nSPS) is 33.3. The van der Waals surface area contributed by atoms with E-state index >= 15 is 0 Å². The van der Waals surface area contributed by atoms with Crippen molar-refractivity contribution >= 4 is 5.78 Å². The van der Waals surface area contributed by atoms with E-state index in [1.54, 1.807) is 6.92 Å². The quantitative estimate of drug-likeness (QED) is 0.606. The van der Waals surface area contributed by atoms with E-state index in [2.05, 4.69) is 26.0 Å². The Morgan fingerprint density at radius 2 is 2.15 bits per heavy atom. The van der Waals surface area contributed by atoms with Crippen LogP contribution in [0.5, 0.6) is 0 Å². The van der Waals surface area contributed by atoms with Gasteiger partial charge in [-0.25, -0.2) is 0 Å². The maximum absolute atomic E-state index is 10.7. The first-order chi connectivity index (χ1) is 6.02. The summed E-state index contributed by atoms with van der Waals surface area (Å²) in [5, 5.41) is 0. The molecule has 0 N–H and O–H groups in total. The predicted molar refractivity (Wildman–Crippen MR) is 55.6 cm³/mol. The van der Waals surface area contributed by atoms with Crippen LogP contribution in [0.2, 0.25) is 0 Å². The third-order valence-corrected chi connectivity index (χ3v) is 2.81. The molecule has 0 atom stereocenters. The Labute approximate surface area is 81.2 Å². The number of hydrogen-bond acceptors (Lipinski definition) is 1. The molecule has 74 valence electrons. The predicted octanol–water partition coefficient (Wildman–Crippen LogP) is 3.35. The number of carbonyl (C=O) groups excluding carboxylic acids is 1. The zero-order valence-electron chi connectivity index (χ0n) is 8.97. The second kappa shape index (κ2) is 4.08. The van der Waals surface area contributed by atoms with E-state index in [4.69, 9.17) is 0 Å². The first kappa shape index (κ1) is 10.5. The van der Waals surface area contributed by atoms with Gasteiger partial charge in [0, 0.05) is 6.42 Å². The standard InChI is InChI=1S/C12H20O/c1-10-8-12(3,9-10)7-5-4-6-11(2)13/h5,7,10H,4,6,8-9H2,1-3H3/b7-5+. The van der Waals surface area contributed by atoms with Crippen LogP contribution in [0.1, 0.15) is 46.5 Å². The minimum absolute atomic E-state index is 0.289. The summed E-state index contributed by atoms with van der Waals surface area (Å²) >= 11 is 0. The minimum Gasteiger partial charge on any atom is -0.300 e. The lowest BCUT2D eigenvalue weighted by Gasteiger charge is -2.41. The summed E-state index contributed by atoms with van der Waals surface area (Å²) in [7, 11) is 0. The van der Waals surface area contributed by atoms with E-state index in [1.165, 1.54) is 12.8 Å². The first-order valence-electron chi connectivity index (χ1n) is 5.19. The van der Waals surface area contributed by atoms with Crippen molar-refractivity contribution in [1.29, 1.82) is 0 Å². The summed E-state index contributed by atoms with van der Waals surface area (Å²) in [5.41, 5.74) is 0.441. The molecule has 1 aliphatic rings. The zero-order chi connectivity index (χ0) is 9.90. The third kappa shape index (κ3) is 3.33. The summed E-state index contributed by atoms with van der Waals surface area (Å²) < 4.78 is 0. The summed E-state index contributed by atoms with van der Waals surface area (Å²) in [6, 6.07) is 0. The highest BCUT2D eigenvalue weighted by atomic mass is 16.1. The monoisotopic (exact) mass is 180 g/mol. The number of allylic oxidation sites excluding steroid dienone is 2. The maximum Gasteiger partial charge on any atom is 0.130 e. The van der Waals surface area contributed by atoms with Gasteiger partial charge in [0.2, 0.25) is 0 Å². The Morgan fingerprint density at radius 3 is 2.62 bits per heavy atom. The van der Waals surface area contributed by atoms with Crippen molar-refractivity contribution in [3.63, 3.8) is 0 Å². The van der Waals surface area contributed by atoms with Gasteiger partial charge in [-0.3, -0.25) is 0 Å². The van der Waals surface area contributed by atoms with Gasteiger partial charge in [0.05, 0.1) is 0 Å². The van der Waals surface area contributed by atoms with Crippen LogP contribution < -0.4 is 0 Å². The van der Waals surface area contributed by atoms with Gasteiger partial charge in [-0.05, 0) is 37.5 Å². The van der Waals surface area contributed by atoms with E-state index in [9.17, 15) is 4.79 Å². The second-order valence-corrected chi connectivity index (χ2v) is 4.81. The van der Waals surface area contributed by atoms with Gasteiger partial charge in [-0.2, -0.15) is 0 Å². The molecule has 0 radical (unpaired) electrons. The topological polar surface area (TPSA) is 17.1 Å². The molecule has 1 aliphatic carbocycles. The van der Waals surface area contributed by atoms with Gasteiger partial charge in [-0.1, -0.05) is 26.0 Å². The van der Waals surface area contributed by atoms with Crippen molar-refractivity contribution in [1.82, 2.24) is 0 Å². The molecule has 0 aromatic rings. The lowest BCUT2D eigenvalue weighted by Crippen LogP contribution is -2.30. The van der Waals surface area contributed by atoms with Crippen LogP contribution in [0.3, 0.4) is 0 Å². The first-order valence-corrected chi connectivity index (χ1v) is 5.19. The van der Waals surface area contributed by atoms with E-state index in [-0.39, 0.29) is 5.78 Å². The molecular formula is C12H20O. The molecule has 0 aromatic heterocycles. The zero-order valence-corrected chi connectivity index (χ0v) is 8.97. The number of hydrogen-bond donors (Lipinski definition) is 0. The lowest BCUT2D eigenvalue weighted by atomic mass is 9.64. The van der Waals surface area contributed by atoms with Crippen molar-refractivity contribution in [2.45, 2.75) is 46.5 Å². The Kier molecular flexibility index (Phi) is 3.29. The second-order valence-electron chi connectivity index (χ2n) is 4.81. The average molecular weight is 180 g/mol. The average Bonchev–Trinajstić information content (AvgIpc) is 1.95. The van der Waals surface area contributed by atoms with Crippen molar-refractivity contribution in [2.24, 2.45) is 11.3 Å². The van der Waals surface area contributed by atoms with Gasteiger partial charge in [-0.15, -0.1) is 0 Å². The Balaban J connectivity index is 2.20. The molecule has 0 heterocycles. The van der Waals surface area contributed by atoms with Gasteiger partial charge >= 0.3 is 0 Å². The van der Waals surface area contributed by atoms with Gasteiger partial charge in [0.15, 0.2) is 0 Å². The molecule has 0 aliphatic heterocycles. The molecule has 13 heavy (non-hydrogen) atoms. The number of rotatable bonds is 4. The number of carbonyl (C=O) groups is 1. The van der Waals surface area contributed by atoms with Crippen molar-refractivity contribution in [3.05, 3.63) is 12.2 Å². The van der Waals surface area contributed by atoms with Crippen LogP contribution in [0.4, 0.5) is 0 Å². The molecule has 0 amide bonds. The Morgan fingerprint density at radius 1 is 1.54 bits per heavy atom. The smallest absolute Gasteiger partial charge is 0.130 e.